The molecule has 1 aliphatic rings. The zero-order valence-electron chi connectivity index (χ0n) is 14.0. The summed E-state index contributed by atoms with van der Waals surface area (Å²) in [5.41, 5.74) is 1.53. The molecule has 0 saturated carbocycles. The molecule has 8 heteroatoms. The maximum Gasteiger partial charge on any atom is 0.343 e. The molecule has 0 aliphatic carbocycles. The molecule has 8 nitrogen and oxygen atoms in total. The van der Waals surface area contributed by atoms with Gasteiger partial charge >= 0.3 is 5.97 Å². The summed E-state index contributed by atoms with van der Waals surface area (Å²) in [7, 11) is 0. The minimum atomic E-state index is -0.435. The van der Waals surface area contributed by atoms with Crippen molar-refractivity contribution in [3.63, 3.8) is 0 Å². The third-order valence-corrected chi connectivity index (χ3v) is 4.18. The van der Waals surface area contributed by atoms with Crippen LogP contribution in [0.2, 0.25) is 0 Å². The smallest absolute Gasteiger partial charge is 0.343 e. The van der Waals surface area contributed by atoms with Gasteiger partial charge in [-0.3, -0.25) is 4.79 Å². The number of aromatic nitrogens is 3. The lowest BCUT2D eigenvalue weighted by Crippen LogP contribution is -2.43. The molecule has 1 unspecified atom stereocenters. The number of ether oxygens (including phenoxy) is 1. The van der Waals surface area contributed by atoms with Crippen LogP contribution in [-0.2, 0) is 16.1 Å². The van der Waals surface area contributed by atoms with E-state index in [1.807, 2.05) is 13.8 Å². The summed E-state index contributed by atoms with van der Waals surface area (Å²) in [5.74, 6) is -0.423. The molecule has 2 aromatic rings. The van der Waals surface area contributed by atoms with E-state index in [4.69, 9.17) is 4.74 Å². The minimum absolute atomic E-state index is 0.0118. The number of carbonyl (C=O) groups is 2. The summed E-state index contributed by atoms with van der Waals surface area (Å²) in [6.45, 7) is 7.28. The Kier molecular flexibility index (Phi) is 4.23. The molecular formula is C16H21N5O3. The summed E-state index contributed by atoms with van der Waals surface area (Å²) < 4.78 is 6.53. The molecule has 0 radical (unpaired) electrons. The van der Waals surface area contributed by atoms with Crippen molar-refractivity contribution in [1.29, 1.82) is 0 Å². The second kappa shape index (κ2) is 6.20. The summed E-state index contributed by atoms with van der Waals surface area (Å²) >= 11 is 0. The van der Waals surface area contributed by atoms with Crippen LogP contribution >= 0.6 is 0 Å². The van der Waals surface area contributed by atoms with Gasteiger partial charge in [-0.05, 0) is 6.92 Å². The molecule has 1 aliphatic heterocycles. The van der Waals surface area contributed by atoms with E-state index in [0.717, 1.165) is 5.56 Å². The minimum Gasteiger partial charge on any atom is -0.462 e. The van der Waals surface area contributed by atoms with Crippen molar-refractivity contribution in [1.82, 2.24) is 25.2 Å². The van der Waals surface area contributed by atoms with E-state index in [1.54, 1.807) is 23.8 Å². The van der Waals surface area contributed by atoms with Crippen LogP contribution in [0.15, 0.2) is 18.6 Å². The van der Waals surface area contributed by atoms with Gasteiger partial charge in [-0.25, -0.2) is 14.3 Å². The molecule has 1 atom stereocenters. The lowest BCUT2D eigenvalue weighted by molar-refractivity contribution is -0.121. The summed E-state index contributed by atoms with van der Waals surface area (Å²) in [4.78, 5) is 28.0. The highest BCUT2D eigenvalue weighted by Gasteiger charge is 2.40. The predicted octanol–water partition coefficient (Wildman–Crippen LogP) is 0.520. The van der Waals surface area contributed by atoms with Gasteiger partial charge in [0.2, 0.25) is 5.91 Å². The second-order valence-electron chi connectivity index (χ2n) is 6.53. The number of nitrogens with zero attached hydrogens (tertiary/aromatic N) is 3. The molecule has 3 heterocycles. The summed E-state index contributed by atoms with van der Waals surface area (Å²) in [5, 5.41) is 10.3. The highest BCUT2D eigenvalue weighted by atomic mass is 16.5. The van der Waals surface area contributed by atoms with Crippen molar-refractivity contribution >= 4 is 17.5 Å². The predicted molar refractivity (Wildman–Crippen MR) is 86.4 cm³/mol. The van der Waals surface area contributed by atoms with Crippen molar-refractivity contribution in [2.24, 2.45) is 5.41 Å². The molecule has 2 N–H and O–H groups in total. The Morgan fingerprint density at radius 2 is 2.29 bits per heavy atom. The van der Waals surface area contributed by atoms with Crippen LogP contribution in [0.5, 0.6) is 0 Å². The van der Waals surface area contributed by atoms with E-state index >= 15 is 0 Å². The van der Waals surface area contributed by atoms with Gasteiger partial charge in [-0.2, -0.15) is 5.10 Å². The van der Waals surface area contributed by atoms with Crippen LogP contribution in [0.1, 0.15) is 36.7 Å². The number of amides is 1. The molecule has 1 fully saturated rings. The lowest BCUT2D eigenvalue weighted by atomic mass is 9.87. The average molecular weight is 331 g/mol. The Morgan fingerprint density at radius 1 is 1.50 bits per heavy atom. The highest BCUT2D eigenvalue weighted by molar-refractivity contribution is 5.95. The molecular weight excluding hydrogens is 310 g/mol. The lowest BCUT2D eigenvalue weighted by Gasteiger charge is -2.24. The van der Waals surface area contributed by atoms with Gasteiger partial charge in [-0.1, -0.05) is 13.8 Å². The number of hydrogen-bond donors (Lipinski definition) is 2. The molecule has 128 valence electrons. The molecule has 0 bridgehead atoms. The Bertz CT molecular complexity index is 783. The van der Waals surface area contributed by atoms with Gasteiger partial charge in [-0.15, -0.1) is 0 Å². The number of hydrogen-bond acceptors (Lipinski definition) is 6. The van der Waals surface area contributed by atoms with Crippen LogP contribution in [0.25, 0.3) is 5.65 Å². The Morgan fingerprint density at radius 3 is 2.96 bits per heavy atom. The van der Waals surface area contributed by atoms with Crippen molar-refractivity contribution < 1.29 is 14.3 Å². The van der Waals surface area contributed by atoms with E-state index in [2.05, 4.69) is 20.7 Å². The third-order valence-electron chi connectivity index (χ3n) is 4.18. The topological polar surface area (TPSA) is 97.6 Å². The standard InChI is InChI=1S/C16H21N5O3/c1-4-24-15(23)11-7-20-21-8-10(6-18-13(11)21)5-17-12-14(22)19-9-16(12,2)3/h6-8,12,17H,4-5,9H2,1-3H3,(H,19,22). The first-order chi connectivity index (χ1) is 11.4. The van der Waals surface area contributed by atoms with Crippen molar-refractivity contribution in [2.75, 3.05) is 13.2 Å². The number of rotatable bonds is 5. The van der Waals surface area contributed by atoms with Crippen molar-refractivity contribution in [3.05, 3.63) is 29.7 Å². The van der Waals surface area contributed by atoms with Crippen molar-refractivity contribution in [3.8, 4) is 0 Å². The highest BCUT2D eigenvalue weighted by Crippen LogP contribution is 2.25. The van der Waals surface area contributed by atoms with Crippen LogP contribution in [0.4, 0.5) is 0 Å². The Labute approximate surface area is 139 Å². The molecule has 24 heavy (non-hydrogen) atoms. The molecule has 2 aromatic heterocycles. The molecule has 3 rings (SSSR count). The zero-order chi connectivity index (χ0) is 17.3. The first-order valence-electron chi connectivity index (χ1n) is 7.93. The van der Waals surface area contributed by atoms with Gasteiger partial charge < -0.3 is 15.4 Å². The van der Waals surface area contributed by atoms with Crippen molar-refractivity contribution in [2.45, 2.75) is 33.4 Å². The molecule has 0 aromatic carbocycles. The largest absolute Gasteiger partial charge is 0.462 e. The normalized spacial score (nSPS) is 19.5. The Hall–Kier alpha value is -2.48. The van der Waals surface area contributed by atoms with Crippen LogP contribution < -0.4 is 10.6 Å². The fraction of sp³-hybridized carbons (Fsp3) is 0.500. The summed E-state index contributed by atoms with van der Waals surface area (Å²) in [6, 6.07) is -0.249. The summed E-state index contributed by atoms with van der Waals surface area (Å²) in [6.07, 6.45) is 4.91. The van der Waals surface area contributed by atoms with Crippen LogP contribution in [-0.4, -0.2) is 45.7 Å². The average Bonchev–Trinajstić information content (AvgIpc) is 3.06. The van der Waals surface area contributed by atoms with E-state index in [-0.39, 0.29) is 17.4 Å². The van der Waals surface area contributed by atoms with Gasteiger partial charge in [0.25, 0.3) is 0 Å². The SMILES string of the molecule is CCOC(=O)c1cnn2cc(CNC3C(=O)NCC3(C)C)cnc12. The van der Waals surface area contributed by atoms with Gasteiger partial charge in [0.05, 0.1) is 18.8 Å². The quantitative estimate of drug-likeness (QED) is 0.775. The van der Waals surface area contributed by atoms with Crippen LogP contribution in [0, 0.1) is 5.41 Å². The maximum absolute atomic E-state index is 11.9. The van der Waals surface area contributed by atoms with E-state index in [0.29, 0.717) is 30.9 Å². The zero-order valence-corrected chi connectivity index (χ0v) is 14.0. The molecule has 1 saturated heterocycles. The van der Waals surface area contributed by atoms with E-state index in [1.165, 1.54) is 6.20 Å². The second-order valence-corrected chi connectivity index (χ2v) is 6.53. The Balaban J connectivity index is 1.75. The van der Waals surface area contributed by atoms with Crippen LogP contribution in [0.3, 0.4) is 0 Å². The number of esters is 1. The third kappa shape index (κ3) is 2.96. The fourth-order valence-electron chi connectivity index (χ4n) is 2.82. The maximum atomic E-state index is 11.9. The number of carbonyl (C=O) groups excluding carboxylic acids is 2. The molecule has 1 amide bonds. The van der Waals surface area contributed by atoms with E-state index in [9.17, 15) is 9.59 Å². The molecule has 0 spiro atoms. The first kappa shape index (κ1) is 16.4. The van der Waals surface area contributed by atoms with Gasteiger partial charge in [0.15, 0.2) is 5.65 Å². The van der Waals surface area contributed by atoms with Gasteiger partial charge in [0, 0.05) is 36.5 Å². The number of fused-ring (bicyclic) bond motifs is 1. The van der Waals surface area contributed by atoms with E-state index < -0.39 is 5.97 Å². The monoisotopic (exact) mass is 331 g/mol. The first-order valence-corrected chi connectivity index (χ1v) is 7.93. The van der Waals surface area contributed by atoms with Gasteiger partial charge in [0.1, 0.15) is 5.56 Å². The fourth-order valence-corrected chi connectivity index (χ4v) is 2.82. The number of nitrogens with one attached hydrogen (secondary N) is 2.